The summed E-state index contributed by atoms with van der Waals surface area (Å²) in [6.45, 7) is 0. The summed E-state index contributed by atoms with van der Waals surface area (Å²) in [5.74, 6) is 0.117. The van der Waals surface area contributed by atoms with E-state index in [4.69, 9.17) is 34.8 Å². The molecule has 0 N–H and O–H groups in total. The minimum Gasteiger partial charge on any atom is -0.0843 e. The Hall–Kier alpha value is -1.47. The van der Waals surface area contributed by atoms with Crippen LogP contribution in [0, 0.1) is 0 Å². The van der Waals surface area contributed by atoms with Crippen LogP contribution >= 0.6 is 34.8 Å². The third kappa shape index (κ3) is 3.47. The third-order valence-corrected chi connectivity index (χ3v) is 4.37. The van der Waals surface area contributed by atoms with Crippen molar-refractivity contribution in [2.75, 3.05) is 0 Å². The molecule has 22 heavy (non-hydrogen) atoms. The fourth-order valence-electron chi connectivity index (χ4n) is 2.54. The molecule has 0 atom stereocenters. The molecule has 3 rings (SSSR count). The maximum absolute atomic E-state index is 6.02. The van der Waals surface area contributed by atoms with E-state index in [1.807, 2.05) is 36.4 Å². The molecule has 0 aliphatic carbocycles. The second-order valence-electron chi connectivity index (χ2n) is 5.09. The van der Waals surface area contributed by atoms with Crippen LogP contribution in [0.25, 0.3) is 0 Å². The minimum atomic E-state index is 0.117. The Morgan fingerprint density at radius 1 is 0.409 bits per heavy atom. The Labute approximate surface area is 145 Å². The van der Waals surface area contributed by atoms with Crippen LogP contribution in [0.3, 0.4) is 0 Å². The van der Waals surface area contributed by atoms with Crippen molar-refractivity contribution in [3.8, 4) is 0 Å². The lowest BCUT2D eigenvalue weighted by molar-refractivity contribution is 0.977. The van der Waals surface area contributed by atoms with E-state index in [2.05, 4.69) is 36.4 Å². The van der Waals surface area contributed by atoms with Crippen LogP contribution in [0.15, 0.2) is 72.8 Å². The molecule has 0 aliphatic rings. The molecule has 0 saturated heterocycles. The molecule has 3 aromatic rings. The number of benzene rings is 3. The zero-order valence-corrected chi connectivity index (χ0v) is 13.9. The second-order valence-corrected chi connectivity index (χ2v) is 6.40. The van der Waals surface area contributed by atoms with E-state index in [1.54, 1.807) is 0 Å². The Kier molecular flexibility index (Phi) is 4.73. The van der Waals surface area contributed by atoms with Crippen LogP contribution in [-0.2, 0) is 0 Å². The predicted molar refractivity (Wildman–Crippen MR) is 95.3 cm³/mol. The van der Waals surface area contributed by atoms with Crippen molar-refractivity contribution in [2.24, 2.45) is 0 Å². The smallest absolute Gasteiger partial charge is 0.0406 e. The van der Waals surface area contributed by atoms with Gasteiger partial charge in [0.15, 0.2) is 0 Å². The first-order chi connectivity index (χ1) is 10.6. The fourth-order valence-corrected chi connectivity index (χ4v) is 2.92. The van der Waals surface area contributed by atoms with Crippen LogP contribution in [0.4, 0.5) is 0 Å². The Bertz CT molecular complexity index is 636. The highest BCUT2D eigenvalue weighted by Gasteiger charge is 2.16. The summed E-state index contributed by atoms with van der Waals surface area (Å²) in [6.07, 6.45) is 0. The van der Waals surface area contributed by atoms with Gasteiger partial charge in [-0.3, -0.25) is 0 Å². The average molecular weight is 348 g/mol. The SMILES string of the molecule is Clc1ccc(C(c2ccc(Cl)cc2)c2ccc(Cl)cc2)cc1. The second kappa shape index (κ2) is 6.75. The summed E-state index contributed by atoms with van der Waals surface area (Å²) in [4.78, 5) is 0. The molecule has 0 saturated carbocycles. The lowest BCUT2D eigenvalue weighted by atomic mass is 9.85. The van der Waals surface area contributed by atoms with E-state index in [1.165, 1.54) is 16.7 Å². The first-order valence-corrected chi connectivity index (χ1v) is 8.03. The van der Waals surface area contributed by atoms with Gasteiger partial charge in [0.25, 0.3) is 0 Å². The molecule has 3 aromatic carbocycles. The van der Waals surface area contributed by atoms with Gasteiger partial charge in [0.2, 0.25) is 0 Å². The number of hydrogen-bond donors (Lipinski definition) is 0. The molecule has 0 nitrogen and oxygen atoms in total. The van der Waals surface area contributed by atoms with Crippen molar-refractivity contribution in [3.05, 3.63) is 105 Å². The number of halogens is 3. The van der Waals surface area contributed by atoms with Gasteiger partial charge >= 0.3 is 0 Å². The topological polar surface area (TPSA) is 0 Å². The van der Waals surface area contributed by atoms with Gasteiger partial charge in [0, 0.05) is 21.0 Å². The van der Waals surface area contributed by atoms with Crippen molar-refractivity contribution in [1.29, 1.82) is 0 Å². The van der Waals surface area contributed by atoms with Crippen LogP contribution in [0.1, 0.15) is 22.6 Å². The summed E-state index contributed by atoms with van der Waals surface area (Å²) < 4.78 is 0. The van der Waals surface area contributed by atoms with Crippen molar-refractivity contribution >= 4 is 34.8 Å². The predicted octanol–water partition coefficient (Wildman–Crippen LogP) is 6.83. The highest BCUT2D eigenvalue weighted by Crippen LogP contribution is 2.33. The van der Waals surface area contributed by atoms with E-state index >= 15 is 0 Å². The van der Waals surface area contributed by atoms with E-state index in [-0.39, 0.29) is 5.92 Å². The molecule has 110 valence electrons. The van der Waals surface area contributed by atoms with Gasteiger partial charge in [0.1, 0.15) is 0 Å². The molecule has 0 heterocycles. The minimum absolute atomic E-state index is 0.117. The molecule has 0 aliphatic heterocycles. The molecule has 0 bridgehead atoms. The van der Waals surface area contributed by atoms with Crippen molar-refractivity contribution in [3.63, 3.8) is 0 Å². The van der Waals surface area contributed by atoms with E-state index in [0.717, 1.165) is 15.1 Å². The largest absolute Gasteiger partial charge is 0.0843 e. The Morgan fingerprint density at radius 2 is 0.636 bits per heavy atom. The summed E-state index contributed by atoms with van der Waals surface area (Å²) in [6, 6.07) is 23.8. The van der Waals surface area contributed by atoms with Crippen LogP contribution in [0.2, 0.25) is 15.1 Å². The van der Waals surface area contributed by atoms with E-state index in [0.29, 0.717) is 0 Å². The molecule has 0 radical (unpaired) electrons. The maximum atomic E-state index is 6.02. The zero-order valence-electron chi connectivity index (χ0n) is 11.6. The molecule has 0 aromatic heterocycles. The average Bonchev–Trinajstić information content (AvgIpc) is 2.53. The van der Waals surface area contributed by atoms with Crippen molar-refractivity contribution in [1.82, 2.24) is 0 Å². The van der Waals surface area contributed by atoms with Gasteiger partial charge < -0.3 is 0 Å². The first-order valence-electron chi connectivity index (χ1n) is 6.90. The van der Waals surface area contributed by atoms with E-state index < -0.39 is 0 Å². The number of rotatable bonds is 3. The molecule has 0 amide bonds. The zero-order chi connectivity index (χ0) is 15.5. The van der Waals surface area contributed by atoms with Gasteiger partial charge in [0.05, 0.1) is 0 Å². The normalized spacial score (nSPS) is 10.9. The van der Waals surface area contributed by atoms with Crippen LogP contribution in [0.5, 0.6) is 0 Å². The molecule has 0 spiro atoms. The summed E-state index contributed by atoms with van der Waals surface area (Å²) >= 11 is 18.0. The molecule has 0 unspecified atom stereocenters. The summed E-state index contributed by atoms with van der Waals surface area (Å²) in [7, 11) is 0. The highest BCUT2D eigenvalue weighted by atomic mass is 35.5. The number of hydrogen-bond acceptors (Lipinski definition) is 0. The highest BCUT2D eigenvalue weighted by molar-refractivity contribution is 6.31. The summed E-state index contributed by atoms with van der Waals surface area (Å²) in [5.41, 5.74) is 3.53. The van der Waals surface area contributed by atoms with Crippen molar-refractivity contribution in [2.45, 2.75) is 5.92 Å². The van der Waals surface area contributed by atoms with Gasteiger partial charge in [-0.2, -0.15) is 0 Å². The van der Waals surface area contributed by atoms with Crippen molar-refractivity contribution < 1.29 is 0 Å². The Balaban J connectivity index is 2.10. The molecular formula is C19H13Cl3. The fraction of sp³-hybridized carbons (Fsp3) is 0.0526. The van der Waals surface area contributed by atoms with Crippen LogP contribution < -0.4 is 0 Å². The molecule has 0 fully saturated rings. The summed E-state index contributed by atoms with van der Waals surface area (Å²) in [5, 5.41) is 2.19. The maximum Gasteiger partial charge on any atom is 0.0406 e. The molecule has 3 heteroatoms. The van der Waals surface area contributed by atoms with Gasteiger partial charge in [-0.15, -0.1) is 0 Å². The standard InChI is InChI=1S/C19H13Cl3/c20-16-7-1-13(2-8-16)19(14-3-9-17(21)10-4-14)15-5-11-18(22)12-6-15/h1-12,19H. The molecular weight excluding hydrogens is 335 g/mol. The first kappa shape index (κ1) is 15.4. The Morgan fingerprint density at radius 3 is 0.864 bits per heavy atom. The lowest BCUT2D eigenvalue weighted by Gasteiger charge is -2.19. The third-order valence-electron chi connectivity index (χ3n) is 3.61. The van der Waals surface area contributed by atoms with Crippen LogP contribution in [-0.4, -0.2) is 0 Å². The van der Waals surface area contributed by atoms with Gasteiger partial charge in [-0.25, -0.2) is 0 Å². The van der Waals surface area contributed by atoms with E-state index in [9.17, 15) is 0 Å². The van der Waals surface area contributed by atoms with Gasteiger partial charge in [-0.1, -0.05) is 71.2 Å². The lowest BCUT2D eigenvalue weighted by Crippen LogP contribution is -2.03. The monoisotopic (exact) mass is 346 g/mol. The quantitative estimate of drug-likeness (QED) is 0.456. The van der Waals surface area contributed by atoms with Gasteiger partial charge in [-0.05, 0) is 53.1 Å².